The molecule has 1 aliphatic heterocycles. The second kappa shape index (κ2) is 3.97. The van der Waals surface area contributed by atoms with Crippen LogP contribution < -0.4 is 5.73 Å². The van der Waals surface area contributed by atoms with E-state index in [0.29, 0.717) is 18.7 Å². The Morgan fingerprint density at radius 3 is 2.80 bits per heavy atom. The average molecular weight is 205 g/mol. The van der Waals surface area contributed by atoms with E-state index in [4.69, 9.17) is 11.0 Å². The van der Waals surface area contributed by atoms with Crippen molar-refractivity contribution < 1.29 is 4.39 Å². The number of benzene rings is 1. The van der Waals surface area contributed by atoms with Gasteiger partial charge in [-0.2, -0.15) is 5.26 Å². The minimum Gasteiger partial charge on any atom is -0.325 e. The molecule has 0 aromatic heterocycles. The van der Waals surface area contributed by atoms with Crippen LogP contribution in [0.4, 0.5) is 4.39 Å². The molecule has 4 heteroatoms. The number of likely N-dealkylation sites (tertiary alicyclic amines) is 1. The number of rotatable bonds is 2. The van der Waals surface area contributed by atoms with Gasteiger partial charge in [-0.25, -0.2) is 4.39 Å². The van der Waals surface area contributed by atoms with E-state index in [2.05, 4.69) is 6.07 Å². The standard InChI is InChI=1S/C11H12FN3/c12-9-3-1-2-8(4-9)11(5-13)15-6-10(14)7-15/h1-4,10-11H,6-7,14H2. The molecule has 1 saturated heterocycles. The Balaban J connectivity index is 2.17. The summed E-state index contributed by atoms with van der Waals surface area (Å²) in [5.74, 6) is -0.308. The molecule has 0 saturated carbocycles. The fourth-order valence-corrected chi connectivity index (χ4v) is 1.80. The number of hydrogen-bond donors (Lipinski definition) is 1. The molecule has 3 nitrogen and oxygen atoms in total. The van der Waals surface area contributed by atoms with Crippen molar-refractivity contribution in [3.63, 3.8) is 0 Å². The zero-order valence-electron chi connectivity index (χ0n) is 8.23. The summed E-state index contributed by atoms with van der Waals surface area (Å²) in [5.41, 5.74) is 6.34. The minimum absolute atomic E-state index is 0.148. The van der Waals surface area contributed by atoms with Gasteiger partial charge in [0.1, 0.15) is 11.9 Å². The van der Waals surface area contributed by atoms with Crippen LogP contribution >= 0.6 is 0 Å². The van der Waals surface area contributed by atoms with Crippen LogP contribution in [0.1, 0.15) is 11.6 Å². The number of halogens is 1. The van der Waals surface area contributed by atoms with E-state index in [1.165, 1.54) is 12.1 Å². The van der Waals surface area contributed by atoms with Crippen molar-refractivity contribution in [1.82, 2.24) is 4.90 Å². The molecule has 1 fully saturated rings. The molecule has 0 aliphatic carbocycles. The van der Waals surface area contributed by atoms with E-state index < -0.39 is 0 Å². The summed E-state index contributed by atoms with van der Waals surface area (Å²) >= 11 is 0. The molecule has 2 N–H and O–H groups in total. The molecule has 0 spiro atoms. The summed E-state index contributed by atoms with van der Waals surface area (Å²) < 4.78 is 13.0. The molecule has 1 aromatic rings. The average Bonchev–Trinajstić information content (AvgIpc) is 2.16. The van der Waals surface area contributed by atoms with Gasteiger partial charge < -0.3 is 5.73 Å². The van der Waals surface area contributed by atoms with Crippen molar-refractivity contribution in [3.8, 4) is 6.07 Å². The Morgan fingerprint density at radius 2 is 2.27 bits per heavy atom. The topological polar surface area (TPSA) is 53.0 Å². The van der Waals surface area contributed by atoms with Gasteiger partial charge in [-0.1, -0.05) is 12.1 Å². The van der Waals surface area contributed by atoms with Crippen LogP contribution in [0, 0.1) is 17.1 Å². The molecule has 1 aliphatic rings. The summed E-state index contributed by atoms with van der Waals surface area (Å²) in [6.07, 6.45) is 0. The summed E-state index contributed by atoms with van der Waals surface area (Å²) in [6, 6.07) is 8.10. The molecule has 0 radical (unpaired) electrons. The van der Waals surface area contributed by atoms with Crippen LogP contribution in [0.2, 0.25) is 0 Å². The smallest absolute Gasteiger partial charge is 0.124 e. The highest BCUT2D eigenvalue weighted by molar-refractivity contribution is 5.25. The third-order valence-electron chi connectivity index (χ3n) is 2.59. The first-order chi connectivity index (χ1) is 7.20. The molecule has 1 aromatic carbocycles. The van der Waals surface area contributed by atoms with E-state index in [0.717, 1.165) is 0 Å². The third kappa shape index (κ3) is 1.99. The van der Waals surface area contributed by atoms with Gasteiger partial charge in [-0.3, -0.25) is 4.90 Å². The molecule has 1 atom stereocenters. The Kier molecular flexibility index (Phi) is 2.67. The summed E-state index contributed by atoms with van der Waals surface area (Å²) in [4.78, 5) is 1.94. The molecular weight excluding hydrogens is 193 g/mol. The molecule has 0 amide bonds. The van der Waals surface area contributed by atoms with Crippen LogP contribution in [0.5, 0.6) is 0 Å². The van der Waals surface area contributed by atoms with Crippen LogP contribution in [0.25, 0.3) is 0 Å². The second-order valence-corrected chi connectivity index (χ2v) is 3.80. The van der Waals surface area contributed by atoms with Crippen molar-refractivity contribution in [1.29, 1.82) is 5.26 Å². The fraction of sp³-hybridized carbons (Fsp3) is 0.364. The van der Waals surface area contributed by atoms with Crippen molar-refractivity contribution in [2.75, 3.05) is 13.1 Å². The number of nitrogens with two attached hydrogens (primary N) is 1. The number of hydrogen-bond acceptors (Lipinski definition) is 3. The van der Waals surface area contributed by atoms with Gasteiger partial charge in [-0.05, 0) is 17.7 Å². The van der Waals surface area contributed by atoms with Crippen LogP contribution in [0.15, 0.2) is 24.3 Å². The lowest BCUT2D eigenvalue weighted by Gasteiger charge is -2.39. The quantitative estimate of drug-likeness (QED) is 0.784. The van der Waals surface area contributed by atoms with Crippen LogP contribution in [-0.4, -0.2) is 24.0 Å². The first-order valence-electron chi connectivity index (χ1n) is 4.85. The fourth-order valence-electron chi connectivity index (χ4n) is 1.80. The van der Waals surface area contributed by atoms with E-state index in [1.54, 1.807) is 12.1 Å². The van der Waals surface area contributed by atoms with Gasteiger partial charge in [0.15, 0.2) is 0 Å². The van der Waals surface area contributed by atoms with Gasteiger partial charge >= 0.3 is 0 Å². The van der Waals surface area contributed by atoms with E-state index in [1.807, 2.05) is 4.90 Å². The third-order valence-corrected chi connectivity index (χ3v) is 2.59. The highest BCUT2D eigenvalue weighted by Crippen LogP contribution is 2.24. The van der Waals surface area contributed by atoms with Gasteiger partial charge in [0.2, 0.25) is 0 Å². The van der Waals surface area contributed by atoms with E-state index in [9.17, 15) is 4.39 Å². The summed E-state index contributed by atoms with van der Waals surface area (Å²) in [7, 11) is 0. The SMILES string of the molecule is N#CC(c1cccc(F)c1)N1CC(N)C1. The summed E-state index contributed by atoms with van der Waals surface area (Å²) in [5, 5.41) is 9.04. The highest BCUT2D eigenvalue weighted by Gasteiger charge is 2.30. The number of nitrogens with zero attached hydrogens (tertiary/aromatic N) is 2. The van der Waals surface area contributed by atoms with Crippen molar-refractivity contribution in [3.05, 3.63) is 35.6 Å². The molecular formula is C11H12FN3. The lowest BCUT2D eigenvalue weighted by Crippen LogP contribution is -2.56. The van der Waals surface area contributed by atoms with Crippen molar-refractivity contribution >= 4 is 0 Å². The Morgan fingerprint density at radius 1 is 1.53 bits per heavy atom. The zero-order valence-corrected chi connectivity index (χ0v) is 8.23. The maximum Gasteiger partial charge on any atom is 0.124 e. The predicted octanol–water partition coefficient (Wildman–Crippen LogP) is 1.03. The van der Waals surface area contributed by atoms with Crippen LogP contribution in [0.3, 0.4) is 0 Å². The molecule has 2 rings (SSSR count). The highest BCUT2D eigenvalue weighted by atomic mass is 19.1. The molecule has 1 heterocycles. The minimum atomic E-state index is -0.375. The lowest BCUT2D eigenvalue weighted by molar-refractivity contribution is 0.121. The van der Waals surface area contributed by atoms with Crippen LogP contribution in [-0.2, 0) is 0 Å². The van der Waals surface area contributed by atoms with Crippen molar-refractivity contribution in [2.24, 2.45) is 5.73 Å². The maximum atomic E-state index is 13.0. The Labute approximate surface area is 87.9 Å². The number of nitriles is 1. The van der Waals surface area contributed by atoms with E-state index in [-0.39, 0.29) is 17.9 Å². The van der Waals surface area contributed by atoms with Crippen molar-refractivity contribution in [2.45, 2.75) is 12.1 Å². The summed E-state index contributed by atoms with van der Waals surface area (Å²) in [6.45, 7) is 1.41. The van der Waals surface area contributed by atoms with Gasteiger partial charge in [0.25, 0.3) is 0 Å². The predicted molar refractivity (Wildman–Crippen MR) is 54.3 cm³/mol. The zero-order chi connectivity index (χ0) is 10.8. The second-order valence-electron chi connectivity index (χ2n) is 3.80. The normalized spacial score (nSPS) is 19.3. The first-order valence-corrected chi connectivity index (χ1v) is 4.85. The largest absolute Gasteiger partial charge is 0.325 e. The van der Waals surface area contributed by atoms with Gasteiger partial charge in [-0.15, -0.1) is 0 Å². The lowest BCUT2D eigenvalue weighted by atomic mass is 10.0. The first kappa shape index (κ1) is 10.1. The van der Waals surface area contributed by atoms with Gasteiger partial charge in [0.05, 0.1) is 6.07 Å². The molecule has 1 unspecified atom stereocenters. The van der Waals surface area contributed by atoms with E-state index >= 15 is 0 Å². The molecule has 78 valence electrons. The Hall–Kier alpha value is -1.44. The Bertz CT molecular complexity index is 393. The monoisotopic (exact) mass is 205 g/mol. The van der Waals surface area contributed by atoms with Gasteiger partial charge in [0, 0.05) is 19.1 Å². The maximum absolute atomic E-state index is 13.0. The molecule has 0 bridgehead atoms. The molecule has 15 heavy (non-hydrogen) atoms.